The highest BCUT2D eigenvalue weighted by Gasteiger charge is 2.29. The SMILES string of the molecule is CC1(C)CC(N2CCCCC2)=CC(=NCCCN2CCOCC2)C1. The fourth-order valence-electron chi connectivity index (χ4n) is 4.17. The monoisotopic (exact) mass is 333 g/mol. The molecule has 2 heterocycles. The largest absolute Gasteiger partial charge is 0.379 e. The third kappa shape index (κ3) is 5.32. The summed E-state index contributed by atoms with van der Waals surface area (Å²) in [5, 5.41) is 0. The zero-order valence-electron chi connectivity index (χ0n) is 15.7. The van der Waals surface area contributed by atoms with Crippen molar-refractivity contribution < 1.29 is 4.74 Å². The van der Waals surface area contributed by atoms with E-state index in [-0.39, 0.29) is 0 Å². The maximum absolute atomic E-state index is 5.41. The molecule has 2 saturated heterocycles. The maximum atomic E-state index is 5.41. The number of rotatable bonds is 5. The van der Waals surface area contributed by atoms with Gasteiger partial charge in [0.25, 0.3) is 0 Å². The Morgan fingerprint density at radius 3 is 2.54 bits per heavy atom. The van der Waals surface area contributed by atoms with E-state index >= 15 is 0 Å². The Morgan fingerprint density at radius 1 is 1.04 bits per heavy atom. The summed E-state index contributed by atoms with van der Waals surface area (Å²) >= 11 is 0. The number of ether oxygens (including phenoxy) is 1. The first-order chi connectivity index (χ1) is 11.6. The van der Waals surface area contributed by atoms with Gasteiger partial charge in [-0.3, -0.25) is 9.89 Å². The molecule has 136 valence electrons. The van der Waals surface area contributed by atoms with Crippen molar-refractivity contribution in [1.82, 2.24) is 9.80 Å². The standard InChI is InChI=1S/C20H35N3O/c1-20(2)16-18(15-19(17-20)23-9-4-3-5-10-23)21-7-6-8-22-11-13-24-14-12-22/h15H,3-14,16-17H2,1-2H3. The molecule has 0 atom stereocenters. The highest BCUT2D eigenvalue weighted by Crippen LogP contribution is 2.36. The molecule has 0 amide bonds. The number of hydrogen-bond donors (Lipinski definition) is 0. The third-order valence-electron chi connectivity index (χ3n) is 5.47. The molecule has 4 nitrogen and oxygen atoms in total. The zero-order valence-corrected chi connectivity index (χ0v) is 15.7. The summed E-state index contributed by atoms with van der Waals surface area (Å²) in [6, 6.07) is 0. The van der Waals surface area contributed by atoms with Crippen LogP contribution in [0, 0.1) is 5.41 Å². The van der Waals surface area contributed by atoms with E-state index in [4.69, 9.17) is 9.73 Å². The van der Waals surface area contributed by atoms with E-state index in [1.54, 1.807) is 0 Å². The lowest BCUT2D eigenvalue weighted by molar-refractivity contribution is 0.0377. The van der Waals surface area contributed by atoms with Crippen molar-refractivity contribution in [3.05, 3.63) is 11.8 Å². The van der Waals surface area contributed by atoms with Crippen LogP contribution in [0.2, 0.25) is 0 Å². The van der Waals surface area contributed by atoms with Crippen molar-refractivity contribution in [2.45, 2.75) is 52.4 Å². The van der Waals surface area contributed by atoms with Gasteiger partial charge in [0.05, 0.1) is 13.2 Å². The van der Waals surface area contributed by atoms with E-state index in [0.717, 1.165) is 52.2 Å². The van der Waals surface area contributed by atoms with Gasteiger partial charge in [-0.1, -0.05) is 13.8 Å². The molecule has 0 aromatic heterocycles. The minimum atomic E-state index is 0.352. The number of nitrogens with zero attached hydrogens (tertiary/aromatic N) is 3. The van der Waals surface area contributed by atoms with Crippen molar-refractivity contribution >= 4 is 5.71 Å². The van der Waals surface area contributed by atoms with Crippen LogP contribution in [0.25, 0.3) is 0 Å². The lowest BCUT2D eigenvalue weighted by atomic mass is 9.78. The van der Waals surface area contributed by atoms with Crippen molar-refractivity contribution in [1.29, 1.82) is 0 Å². The number of allylic oxidation sites excluding steroid dienone is 2. The maximum Gasteiger partial charge on any atom is 0.0594 e. The molecule has 0 radical (unpaired) electrons. The number of aliphatic imine (C=N–C) groups is 1. The van der Waals surface area contributed by atoms with Crippen LogP contribution in [-0.4, -0.2) is 68.0 Å². The van der Waals surface area contributed by atoms with Gasteiger partial charge in [-0.05, 0) is 50.0 Å². The molecule has 4 heteroatoms. The lowest BCUT2D eigenvalue weighted by Gasteiger charge is -2.38. The Morgan fingerprint density at radius 2 is 1.79 bits per heavy atom. The van der Waals surface area contributed by atoms with Crippen LogP contribution in [0.15, 0.2) is 16.8 Å². The zero-order chi connectivity index (χ0) is 16.8. The number of hydrogen-bond acceptors (Lipinski definition) is 4. The number of morpholine rings is 1. The molecule has 2 fully saturated rings. The Hall–Kier alpha value is -0.870. The fourth-order valence-corrected chi connectivity index (χ4v) is 4.17. The van der Waals surface area contributed by atoms with E-state index in [2.05, 4.69) is 29.7 Å². The van der Waals surface area contributed by atoms with Crippen molar-refractivity contribution in [3.63, 3.8) is 0 Å². The quantitative estimate of drug-likeness (QED) is 0.722. The Bertz CT molecular complexity index is 458. The molecule has 3 rings (SSSR count). The van der Waals surface area contributed by atoms with Crippen LogP contribution >= 0.6 is 0 Å². The van der Waals surface area contributed by atoms with Gasteiger partial charge in [-0.15, -0.1) is 0 Å². The minimum Gasteiger partial charge on any atom is -0.379 e. The van der Waals surface area contributed by atoms with Crippen LogP contribution in [-0.2, 0) is 4.74 Å². The molecular weight excluding hydrogens is 298 g/mol. The molecule has 0 unspecified atom stereocenters. The summed E-state index contributed by atoms with van der Waals surface area (Å²) < 4.78 is 5.41. The van der Waals surface area contributed by atoms with Crippen LogP contribution < -0.4 is 0 Å². The first kappa shape index (κ1) is 17.9. The molecule has 0 aromatic rings. The normalized spacial score (nSPS) is 27.3. The average Bonchev–Trinajstić information content (AvgIpc) is 2.59. The van der Waals surface area contributed by atoms with E-state index < -0.39 is 0 Å². The summed E-state index contributed by atoms with van der Waals surface area (Å²) in [6.45, 7) is 13.4. The molecule has 0 N–H and O–H groups in total. The second-order valence-corrected chi connectivity index (χ2v) is 8.38. The lowest BCUT2D eigenvalue weighted by Crippen LogP contribution is -2.37. The van der Waals surface area contributed by atoms with Gasteiger partial charge in [0.2, 0.25) is 0 Å². The topological polar surface area (TPSA) is 28.1 Å². The van der Waals surface area contributed by atoms with E-state index in [9.17, 15) is 0 Å². The highest BCUT2D eigenvalue weighted by molar-refractivity contribution is 5.96. The summed E-state index contributed by atoms with van der Waals surface area (Å²) in [6.07, 6.45) is 10.0. The predicted molar refractivity (Wildman–Crippen MR) is 101 cm³/mol. The first-order valence-electron chi connectivity index (χ1n) is 9.91. The molecule has 1 aliphatic carbocycles. The molecular formula is C20H35N3O. The second kappa shape index (κ2) is 8.48. The van der Waals surface area contributed by atoms with E-state index in [1.165, 1.54) is 50.2 Å². The molecule has 3 aliphatic rings. The van der Waals surface area contributed by atoms with Crippen LogP contribution in [0.4, 0.5) is 0 Å². The van der Waals surface area contributed by atoms with Crippen molar-refractivity contribution in [2.24, 2.45) is 10.4 Å². The summed E-state index contributed by atoms with van der Waals surface area (Å²) in [5.41, 5.74) is 3.22. The van der Waals surface area contributed by atoms with Crippen LogP contribution in [0.1, 0.15) is 52.4 Å². The number of likely N-dealkylation sites (tertiary alicyclic amines) is 1. The van der Waals surface area contributed by atoms with Gasteiger partial charge in [-0.25, -0.2) is 0 Å². The van der Waals surface area contributed by atoms with Crippen molar-refractivity contribution in [2.75, 3.05) is 52.5 Å². The summed E-state index contributed by atoms with van der Waals surface area (Å²) in [4.78, 5) is 10.1. The highest BCUT2D eigenvalue weighted by atomic mass is 16.5. The molecule has 0 aromatic carbocycles. The van der Waals surface area contributed by atoms with Gasteiger partial charge >= 0.3 is 0 Å². The second-order valence-electron chi connectivity index (χ2n) is 8.38. The Kier molecular flexibility index (Phi) is 6.34. The first-order valence-corrected chi connectivity index (χ1v) is 9.91. The van der Waals surface area contributed by atoms with Crippen molar-refractivity contribution in [3.8, 4) is 0 Å². The fraction of sp³-hybridized carbons (Fsp3) is 0.850. The Labute approximate surface area is 147 Å². The van der Waals surface area contributed by atoms with Gasteiger partial charge in [0.1, 0.15) is 0 Å². The minimum absolute atomic E-state index is 0.352. The molecule has 24 heavy (non-hydrogen) atoms. The van der Waals surface area contributed by atoms with Gasteiger partial charge in [0, 0.05) is 50.7 Å². The van der Waals surface area contributed by atoms with Gasteiger partial charge in [-0.2, -0.15) is 0 Å². The predicted octanol–water partition coefficient (Wildman–Crippen LogP) is 3.34. The molecule has 0 spiro atoms. The van der Waals surface area contributed by atoms with Gasteiger partial charge in [0.15, 0.2) is 0 Å². The summed E-state index contributed by atoms with van der Waals surface area (Å²) in [5.74, 6) is 0. The summed E-state index contributed by atoms with van der Waals surface area (Å²) in [7, 11) is 0. The smallest absolute Gasteiger partial charge is 0.0594 e. The Balaban J connectivity index is 1.53. The molecule has 2 aliphatic heterocycles. The van der Waals surface area contributed by atoms with Gasteiger partial charge < -0.3 is 9.64 Å². The molecule has 0 bridgehead atoms. The average molecular weight is 334 g/mol. The van der Waals surface area contributed by atoms with E-state index in [0.29, 0.717) is 5.41 Å². The third-order valence-corrected chi connectivity index (χ3v) is 5.47. The number of piperidine rings is 1. The van der Waals surface area contributed by atoms with Crippen LogP contribution in [0.3, 0.4) is 0 Å². The van der Waals surface area contributed by atoms with E-state index in [1.807, 2.05) is 0 Å². The molecule has 0 saturated carbocycles. The van der Waals surface area contributed by atoms with Crippen LogP contribution in [0.5, 0.6) is 0 Å².